The monoisotopic (exact) mass is 617 g/mol. The summed E-state index contributed by atoms with van der Waals surface area (Å²) in [5.74, 6) is -0.406. The molecule has 8 nitrogen and oxygen atoms in total. The standard InChI is InChI=1S/C38H40N4O4/c1-42(2,24-23-41-36(43)33-16-6-7-17-34(33)37(41)44)27-29-12-10-11-28(25-29)26-40-21-19-31(20-22-40)46-38(45)39-35-18-9-8-15-32(35)30-13-4-3-5-14-30/h3-18,25,31H,19-24,26-27H2,1-2H3/p+1. The van der Waals surface area contributed by atoms with Crippen molar-refractivity contribution in [3.8, 4) is 11.1 Å². The van der Waals surface area contributed by atoms with E-state index < -0.39 is 6.09 Å². The smallest absolute Gasteiger partial charge is 0.411 e. The molecule has 2 aliphatic rings. The molecule has 1 N–H and O–H groups in total. The van der Waals surface area contributed by atoms with Crippen molar-refractivity contribution in [2.75, 3.05) is 45.6 Å². The van der Waals surface area contributed by atoms with Gasteiger partial charge in [0.2, 0.25) is 0 Å². The van der Waals surface area contributed by atoms with E-state index in [1.807, 2.05) is 54.6 Å². The van der Waals surface area contributed by atoms with E-state index in [4.69, 9.17) is 4.74 Å². The predicted octanol–water partition coefficient (Wildman–Crippen LogP) is 6.44. The molecule has 4 aromatic carbocycles. The number of likely N-dealkylation sites (tertiary alicyclic amines) is 1. The molecule has 0 bridgehead atoms. The summed E-state index contributed by atoms with van der Waals surface area (Å²) in [6.45, 7) is 4.37. The summed E-state index contributed by atoms with van der Waals surface area (Å²) >= 11 is 0. The van der Waals surface area contributed by atoms with Gasteiger partial charge in [0.15, 0.2) is 0 Å². The van der Waals surface area contributed by atoms with E-state index in [1.54, 1.807) is 24.3 Å². The summed E-state index contributed by atoms with van der Waals surface area (Å²) < 4.78 is 6.48. The summed E-state index contributed by atoms with van der Waals surface area (Å²) in [5.41, 5.74) is 6.19. The second-order valence-electron chi connectivity index (χ2n) is 12.9. The average molecular weight is 618 g/mol. The van der Waals surface area contributed by atoms with Crippen LogP contribution in [0, 0.1) is 0 Å². The number of carbonyl (C=O) groups excluding carboxylic acids is 3. The number of ether oxygens (including phenoxy) is 1. The summed E-state index contributed by atoms with van der Waals surface area (Å²) in [4.78, 5) is 42.2. The van der Waals surface area contributed by atoms with Crippen molar-refractivity contribution in [2.45, 2.75) is 32.0 Å². The van der Waals surface area contributed by atoms with Crippen LogP contribution in [-0.2, 0) is 17.8 Å². The molecule has 2 aliphatic heterocycles. The third-order valence-corrected chi connectivity index (χ3v) is 8.87. The molecule has 1 saturated heterocycles. The molecule has 3 amide bonds. The topological polar surface area (TPSA) is 79.0 Å². The summed E-state index contributed by atoms with van der Waals surface area (Å²) in [6.07, 6.45) is 1.04. The number of nitrogens with zero attached hydrogens (tertiary/aromatic N) is 3. The number of hydrogen-bond acceptors (Lipinski definition) is 5. The largest absolute Gasteiger partial charge is 0.446 e. The molecule has 1 fully saturated rings. The third-order valence-electron chi connectivity index (χ3n) is 8.87. The lowest BCUT2D eigenvalue weighted by molar-refractivity contribution is -0.902. The highest BCUT2D eigenvalue weighted by Gasteiger charge is 2.36. The van der Waals surface area contributed by atoms with Crippen LogP contribution in [0.5, 0.6) is 0 Å². The lowest BCUT2D eigenvalue weighted by atomic mass is 10.0. The molecule has 0 spiro atoms. The maximum absolute atomic E-state index is 12.8. The Balaban J connectivity index is 0.968. The van der Waals surface area contributed by atoms with Crippen molar-refractivity contribution in [1.82, 2.24) is 9.80 Å². The van der Waals surface area contributed by atoms with Crippen LogP contribution < -0.4 is 5.32 Å². The predicted molar refractivity (Wildman–Crippen MR) is 179 cm³/mol. The molecule has 0 aliphatic carbocycles. The van der Waals surface area contributed by atoms with Crippen molar-refractivity contribution in [2.24, 2.45) is 0 Å². The number of benzene rings is 4. The van der Waals surface area contributed by atoms with Gasteiger partial charge in [0.05, 0.1) is 44.0 Å². The quantitative estimate of drug-likeness (QED) is 0.164. The summed E-state index contributed by atoms with van der Waals surface area (Å²) in [7, 11) is 4.26. The van der Waals surface area contributed by atoms with Crippen LogP contribution >= 0.6 is 0 Å². The first kappa shape index (κ1) is 31.2. The van der Waals surface area contributed by atoms with Crippen molar-refractivity contribution >= 4 is 23.6 Å². The van der Waals surface area contributed by atoms with Gasteiger partial charge < -0.3 is 9.22 Å². The minimum atomic E-state index is -0.418. The molecule has 46 heavy (non-hydrogen) atoms. The van der Waals surface area contributed by atoms with Gasteiger partial charge in [-0.2, -0.15) is 0 Å². The number of rotatable bonds is 10. The third kappa shape index (κ3) is 7.36. The zero-order chi connectivity index (χ0) is 32.1. The number of hydrogen-bond donors (Lipinski definition) is 1. The number of imide groups is 1. The molecule has 6 rings (SSSR count). The van der Waals surface area contributed by atoms with Crippen LogP contribution in [0.15, 0.2) is 103 Å². The number of quaternary nitrogens is 1. The van der Waals surface area contributed by atoms with Gasteiger partial charge >= 0.3 is 6.09 Å². The first-order valence-corrected chi connectivity index (χ1v) is 16.0. The number of carbonyl (C=O) groups is 3. The highest BCUT2D eigenvalue weighted by atomic mass is 16.6. The van der Waals surface area contributed by atoms with Crippen molar-refractivity contribution in [3.63, 3.8) is 0 Å². The van der Waals surface area contributed by atoms with Crippen LogP contribution in [0.4, 0.5) is 10.5 Å². The lowest BCUT2D eigenvalue weighted by Gasteiger charge is -2.32. The molecule has 0 radical (unpaired) electrons. The highest BCUT2D eigenvalue weighted by molar-refractivity contribution is 6.21. The van der Waals surface area contributed by atoms with Gasteiger partial charge in [-0.1, -0.05) is 78.9 Å². The number of para-hydroxylation sites is 1. The maximum Gasteiger partial charge on any atom is 0.411 e. The number of anilines is 1. The van der Waals surface area contributed by atoms with Gasteiger partial charge in [-0.05, 0) is 48.2 Å². The Kier molecular flexibility index (Phi) is 9.28. The second kappa shape index (κ2) is 13.7. The Bertz CT molecular complexity index is 1680. The van der Waals surface area contributed by atoms with Crippen molar-refractivity contribution < 1.29 is 23.6 Å². The number of amides is 3. The van der Waals surface area contributed by atoms with Crippen LogP contribution in [0.3, 0.4) is 0 Å². The van der Waals surface area contributed by atoms with Crippen LogP contribution in [0.1, 0.15) is 44.7 Å². The molecule has 2 heterocycles. The molecule has 0 unspecified atom stereocenters. The Morgan fingerprint density at radius 1 is 0.783 bits per heavy atom. The fourth-order valence-corrected chi connectivity index (χ4v) is 6.41. The van der Waals surface area contributed by atoms with E-state index in [0.29, 0.717) is 28.7 Å². The average Bonchev–Trinajstić information content (AvgIpc) is 3.30. The molecule has 0 aromatic heterocycles. The van der Waals surface area contributed by atoms with Gasteiger partial charge in [0, 0.05) is 30.8 Å². The SMILES string of the molecule is C[N+](C)(CCN1C(=O)c2ccccc2C1=O)Cc1cccc(CN2CCC(OC(=O)Nc3ccccc3-c3ccccc3)CC2)c1. The molecular weight excluding hydrogens is 576 g/mol. The van der Waals surface area contributed by atoms with Gasteiger partial charge in [0.25, 0.3) is 11.8 Å². The number of nitrogens with one attached hydrogen (secondary N) is 1. The van der Waals surface area contributed by atoms with E-state index >= 15 is 0 Å². The molecule has 0 saturated carbocycles. The normalized spacial score (nSPS) is 15.6. The van der Waals surface area contributed by atoms with Crippen molar-refractivity contribution in [1.29, 1.82) is 0 Å². The Labute approximate surface area is 270 Å². The fraction of sp³-hybridized carbons (Fsp3) is 0.289. The minimum Gasteiger partial charge on any atom is -0.446 e. The zero-order valence-corrected chi connectivity index (χ0v) is 26.5. The Morgan fingerprint density at radius 3 is 2.09 bits per heavy atom. The Morgan fingerprint density at radius 2 is 1.39 bits per heavy atom. The maximum atomic E-state index is 12.8. The van der Waals surface area contributed by atoms with Gasteiger partial charge in [-0.3, -0.25) is 24.7 Å². The van der Waals surface area contributed by atoms with Gasteiger partial charge in [-0.15, -0.1) is 0 Å². The Hall–Kier alpha value is -4.79. The zero-order valence-electron chi connectivity index (χ0n) is 26.5. The van der Waals surface area contributed by atoms with E-state index in [9.17, 15) is 14.4 Å². The summed E-state index contributed by atoms with van der Waals surface area (Å²) in [6, 6.07) is 33.4. The first-order chi connectivity index (χ1) is 22.3. The molecular formula is C38H41N4O4+. The molecule has 236 valence electrons. The fourth-order valence-electron chi connectivity index (χ4n) is 6.41. The van der Waals surface area contributed by atoms with E-state index in [2.05, 4.69) is 48.6 Å². The first-order valence-electron chi connectivity index (χ1n) is 16.0. The van der Waals surface area contributed by atoms with Crippen molar-refractivity contribution in [3.05, 3.63) is 125 Å². The number of fused-ring (bicyclic) bond motifs is 1. The highest BCUT2D eigenvalue weighted by Crippen LogP contribution is 2.28. The van der Waals surface area contributed by atoms with Gasteiger partial charge in [-0.25, -0.2) is 4.79 Å². The molecule has 0 atom stereocenters. The summed E-state index contributed by atoms with van der Waals surface area (Å²) in [5, 5.41) is 2.95. The van der Waals surface area contributed by atoms with Gasteiger partial charge in [0.1, 0.15) is 12.6 Å². The number of likely N-dealkylation sites (N-methyl/N-ethyl adjacent to an activating group) is 1. The number of piperidine rings is 1. The van der Waals surface area contributed by atoms with Crippen LogP contribution in [-0.4, -0.2) is 78.6 Å². The lowest BCUT2D eigenvalue weighted by Crippen LogP contribution is -2.46. The minimum absolute atomic E-state index is 0.119. The van der Waals surface area contributed by atoms with Crippen LogP contribution in [0.25, 0.3) is 11.1 Å². The molecule has 4 aromatic rings. The molecule has 8 heteroatoms. The van der Waals surface area contributed by atoms with Crippen LogP contribution in [0.2, 0.25) is 0 Å². The van der Waals surface area contributed by atoms with E-state index in [-0.39, 0.29) is 17.9 Å². The second-order valence-corrected chi connectivity index (χ2v) is 12.9. The van der Waals surface area contributed by atoms with E-state index in [1.165, 1.54) is 16.0 Å². The van der Waals surface area contributed by atoms with E-state index in [0.717, 1.165) is 55.8 Å².